The second-order valence-electron chi connectivity index (χ2n) is 8.90. The summed E-state index contributed by atoms with van der Waals surface area (Å²) >= 11 is 5.30. The molecule has 3 aromatic carbocycles. The molecule has 0 saturated heterocycles. The van der Waals surface area contributed by atoms with E-state index < -0.39 is 17.9 Å². The molecule has 0 bridgehead atoms. The molecule has 4 rings (SSSR count). The maximum atomic E-state index is 13.1. The lowest BCUT2D eigenvalue weighted by atomic mass is 9.95. The first-order chi connectivity index (χ1) is 19.8. The van der Waals surface area contributed by atoms with Gasteiger partial charge in [0.15, 0.2) is 11.7 Å². The van der Waals surface area contributed by atoms with Gasteiger partial charge in [-0.15, -0.1) is 0 Å². The number of allylic oxidation sites excluding steroid dienone is 1. The highest BCUT2D eigenvalue weighted by molar-refractivity contribution is 7.80. The molecule has 0 radical (unpaired) electrons. The van der Waals surface area contributed by atoms with Gasteiger partial charge in [-0.3, -0.25) is 4.79 Å². The number of amides is 1. The van der Waals surface area contributed by atoms with Crippen LogP contribution in [-0.4, -0.2) is 36.4 Å². The number of nitrogens with zero attached hydrogens (tertiary/aromatic N) is 1. The number of hydrogen-bond acceptors (Lipinski definition) is 7. The number of nitrogens with one attached hydrogen (secondary N) is 3. The van der Waals surface area contributed by atoms with Crippen molar-refractivity contribution in [1.29, 1.82) is 0 Å². The second-order valence-corrected chi connectivity index (χ2v) is 9.31. The number of esters is 1. The lowest BCUT2D eigenvalue weighted by Crippen LogP contribution is -2.45. The molecule has 0 saturated carbocycles. The zero-order valence-electron chi connectivity index (χ0n) is 22.5. The minimum absolute atomic E-state index is 0.221. The third-order valence-electron chi connectivity index (χ3n) is 5.93. The molecule has 1 heterocycles. The van der Waals surface area contributed by atoms with Crippen LogP contribution in [0.3, 0.4) is 0 Å². The van der Waals surface area contributed by atoms with Crippen LogP contribution in [0.15, 0.2) is 89.2 Å². The summed E-state index contributed by atoms with van der Waals surface area (Å²) in [7, 11) is 0. The number of carbonyl (C=O) groups excluding carboxylic acids is 2. The number of halogens is 1. The largest absolute Gasteiger partial charge is 0.489 e. The monoisotopic (exact) mass is 576 g/mol. The molecule has 9 nitrogen and oxygen atoms in total. The molecule has 1 amide bonds. The van der Waals surface area contributed by atoms with Gasteiger partial charge in [0, 0.05) is 11.3 Å². The fourth-order valence-corrected chi connectivity index (χ4v) is 4.31. The maximum Gasteiger partial charge on any atom is 0.338 e. The summed E-state index contributed by atoms with van der Waals surface area (Å²) in [4.78, 5) is 25.2. The predicted molar refractivity (Wildman–Crippen MR) is 156 cm³/mol. The van der Waals surface area contributed by atoms with Crippen LogP contribution in [0.4, 0.5) is 4.39 Å². The molecule has 41 heavy (non-hydrogen) atoms. The van der Waals surface area contributed by atoms with Gasteiger partial charge in [-0.25, -0.2) is 14.6 Å². The van der Waals surface area contributed by atoms with Crippen LogP contribution in [-0.2, 0) is 20.9 Å². The van der Waals surface area contributed by atoms with Crippen LogP contribution in [0.25, 0.3) is 0 Å². The van der Waals surface area contributed by atoms with Crippen LogP contribution >= 0.6 is 12.2 Å². The first-order valence-electron chi connectivity index (χ1n) is 12.8. The van der Waals surface area contributed by atoms with E-state index in [0.717, 1.165) is 5.56 Å². The summed E-state index contributed by atoms with van der Waals surface area (Å²) in [6.07, 6.45) is 1.48. The first-order valence-corrected chi connectivity index (χ1v) is 13.2. The van der Waals surface area contributed by atoms with Crippen LogP contribution in [0, 0.1) is 5.82 Å². The Hall–Kier alpha value is -4.77. The van der Waals surface area contributed by atoms with E-state index in [0.29, 0.717) is 39.0 Å². The number of rotatable bonds is 11. The highest BCUT2D eigenvalue weighted by Gasteiger charge is 2.32. The summed E-state index contributed by atoms with van der Waals surface area (Å²) in [5.41, 5.74) is 5.54. The van der Waals surface area contributed by atoms with E-state index in [1.165, 1.54) is 18.3 Å². The van der Waals surface area contributed by atoms with E-state index in [4.69, 9.17) is 26.4 Å². The number of hydrazone groups is 1. The Morgan fingerprint density at radius 2 is 1.85 bits per heavy atom. The molecule has 0 spiro atoms. The van der Waals surface area contributed by atoms with Gasteiger partial charge in [-0.2, -0.15) is 5.10 Å². The van der Waals surface area contributed by atoms with Crippen molar-refractivity contribution in [2.75, 3.05) is 13.2 Å². The van der Waals surface area contributed by atoms with Gasteiger partial charge in [0.1, 0.15) is 23.9 Å². The summed E-state index contributed by atoms with van der Waals surface area (Å²) in [5, 5.41) is 10.4. The maximum absolute atomic E-state index is 13.1. The molecule has 0 unspecified atom stereocenters. The Labute approximate surface area is 242 Å². The average molecular weight is 577 g/mol. The van der Waals surface area contributed by atoms with Gasteiger partial charge in [-0.05, 0) is 67.5 Å². The van der Waals surface area contributed by atoms with Crippen LogP contribution in [0.2, 0.25) is 0 Å². The number of ether oxygens (including phenoxy) is 3. The predicted octanol–water partition coefficient (Wildman–Crippen LogP) is 4.29. The van der Waals surface area contributed by atoms with Gasteiger partial charge in [0.2, 0.25) is 0 Å². The van der Waals surface area contributed by atoms with Crippen molar-refractivity contribution < 1.29 is 28.2 Å². The fraction of sp³-hybridized carbons (Fsp3) is 0.200. The molecule has 1 atom stereocenters. The highest BCUT2D eigenvalue weighted by atomic mass is 32.1. The average Bonchev–Trinajstić information content (AvgIpc) is 2.96. The third-order valence-corrected chi connectivity index (χ3v) is 6.15. The highest BCUT2D eigenvalue weighted by Crippen LogP contribution is 2.33. The quantitative estimate of drug-likeness (QED) is 0.134. The summed E-state index contributed by atoms with van der Waals surface area (Å²) in [6, 6.07) is 19.7. The molecular weight excluding hydrogens is 547 g/mol. The molecular formula is C30H29FN4O5S. The van der Waals surface area contributed by atoms with E-state index in [1.54, 1.807) is 74.5 Å². The lowest BCUT2D eigenvalue weighted by molar-refractivity contribution is -0.139. The number of carbonyl (C=O) groups is 2. The first kappa shape index (κ1) is 29.2. The van der Waals surface area contributed by atoms with Crippen molar-refractivity contribution in [2.24, 2.45) is 5.10 Å². The molecule has 1 aliphatic rings. The van der Waals surface area contributed by atoms with Gasteiger partial charge < -0.3 is 24.8 Å². The van der Waals surface area contributed by atoms with Gasteiger partial charge in [-0.1, -0.05) is 42.5 Å². The minimum atomic E-state index is -0.627. The van der Waals surface area contributed by atoms with Crippen LogP contribution < -0.4 is 25.5 Å². The topological polar surface area (TPSA) is 110 Å². The SMILES string of the molecule is CCOC(=O)C1=C(C)NC(=S)N[C@H]1c1ccccc1OCC(=O)NN=Cc1cccc(OCc2ccc(F)cc2)c1. The van der Waals surface area contributed by atoms with Crippen molar-refractivity contribution >= 4 is 35.4 Å². The Bertz CT molecular complexity index is 1480. The van der Waals surface area contributed by atoms with E-state index in [-0.39, 0.29) is 25.6 Å². The zero-order chi connectivity index (χ0) is 29.2. The van der Waals surface area contributed by atoms with Crippen molar-refractivity contribution in [3.63, 3.8) is 0 Å². The molecule has 11 heteroatoms. The van der Waals surface area contributed by atoms with Gasteiger partial charge in [0.25, 0.3) is 5.91 Å². The second kappa shape index (κ2) is 14.0. The Morgan fingerprint density at radius 1 is 1.07 bits per heavy atom. The Kier molecular flexibility index (Phi) is 10.0. The van der Waals surface area contributed by atoms with Gasteiger partial charge in [0.05, 0.1) is 24.4 Å². The molecule has 1 aliphatic heterocycles. The van der Waals surface area contributed by atoms with E-state index in [2.05, 4.69) is 21.2 Å². The van der Waals surface area contributed by atoms with Crippen LogP contribution in [0.1, 0.15) is 36.6 Å². The minimum Gasteiger partial charge on any atom is -0.489 e. The standard InChI is InChI=1S/C30H29FN4O5S/c1-3-38-29(37)27-19(2)33-30(41)34-28(27)24-9-4-5-10-25(24)40-18-26(36)35-32-16-21-7-6-8-23(15-21)39-17-20-11-13-22(31)14-12-20/h4-16,28H,3,17-18H2,1-2H3,(H,35,36)(H2,33,34,41)/t28-/m0/s1. The lowest BCUT2D eigenvalue weighted by Gasteiger charge is -2.30. The summed E-state index contributed by atoms with van der Waals surface area (Å²) < 4.78 is 29.9. The van der Waals surface area contributed by atoms with E-state index >= 15 is 0 Å². The molecule has 3 aromatic rings. The zero-order valence-corrected chi connectivity index (χ0v) is 23.3. The van der Waals surface area contributed by atoms with Crippen LogP contribution in [0.5, 0.6) is 11.5 Å². The smallest absolute Gasteiger partial charge is 0.338 e. The Morgan fingerprint density at radius 3 is 2.63 bits per heavy atom. The molecule has 0 aliphatic carbocycles. The molecule has 212 valence electrons. The van der Waals surface area contributed by atoms with Gasteiger partial charge >= 0.3 is 5.97 Å². The van der Waals surface area contributed by atoms with E-state index in [9.17, 15) is 14.0 Å². The van der Waals surface area contributed by atoms with Crippen molar-refractivity contribution in [1.82, 2.24) is 16.1 Å². The van der Waals surface area contributed by atoms with Crippen molar-refractivity contribution in [2.45, 2.75) is 26.5 Å². The molecule has 3 N–H and O–H groups in total. The number of para-hydroxylation sites is 1. The number of thiocarbonyl (C=S) groups is 1. The third kappa shape index (κ3) is 8.12. The number of benzene rings is 3. The number of hydrogen-bond donors (Lipinski definition) is 3. The summed E-state index contributed by atoms with van der Waals surface area (Å²) in [5.74, 6) is -0.269. The molecule has 0 fully saturated rings. The fourth-order valence-electron chi connectivity index (χ4n) is 4.04. The Balaban J connectivity index is 1.35. The van der Waals surface area contributed by atoms with E-state index in [1.807, 2.05) is 0 Å². The normalized spacial score (nSPS) is 14.7. The van der Waals surface area contributed by atoms with Crippen molar-refractivity contribution in [3.8, 4) is 11.5 Å². The molecule has 0 aromatic heterocycles. The summed E-state index contributed by atoms with van der Waals surface area (Å²) in [6.45, 7) is 3.66. The van der Waals surface area contributed by atoms with Crippen molar-refractivity contribution in [3.05, 3.63) is 107 Å².